The Morgan fingerprint density at radius 3 is 2.58 bits per heavy atom. The number of anilines is 1. The van der Waals surface area contributed by atoms with Crippen molar-refractivity contribution < 1.29 is 9.53 Å². The molecule has 1 aromatic rings. The average Bonchev–Trinajstić information content (AvgIpc) is 3.13. The fourth-order valence-electron chi connectivity index (χ4n) is 4.16. The number of carbonyl (C=O) groups excluding carboxylic acids is 1. The third-order valence-electron chi connectivity index (χ3n) is 5.83. The molecule has 0 aromatic heterocycles. The van der Waals surface area contributed by atoms with Gasteiger partial charge in [0, 0.05) is 31.3 Å². The van der Waals surface area contributed by atoms with Gasteiger partial charge in [0.1, 0.15) is 0 Å². The predicted molar refractivity (Wildman–Crippen MR) is 109 cm³/mol. The van der Waals surface area contributed by atoms with E-state index >= 15 is 0 Å². The third kappa shape index (κ3) is 5.62. The number of halogens is 1. The number of nitrogens with two attached hydrogens (primary N) is 1. The molecule has 0 bridgehead atoms. The number of hydrogen-bond acceptors (Lipinski definition) is 3. The summed E-state index contributed by atoms with van der Waals surface area (Å²) in [6.45, 7) is 3.93. The van der Waals surface area contributed by atoms with Crippen molar-refractivity contribution in [2.75, 3.05) is 18.9 Å². The van der Waals surface area contributed by atoms with Crippen LogP contribution >= 0.6 is 12.4 Å². The van der Waals surface area contributed by atoms with Crippen molar-refractivity contribution in [3.05, 3.63) is 29.8 Å². The van der Waals surface area contributed by atoms with E-state index in [1.807, 2.05) is 24.3 Å². The fourth-order valence-corrected chi connectivity index (χ4v) is 4.16. The third-order valence-corrected chi connectivity index (χ3v) is 5.83. The van der Waals surface area contributed by atoms with Gasteiger partial charge in [0.25, 0.3) is 0 Å². The first-order chi connectivity index (χ1) is 12.1. The standard InChI is InChI=1S/C21H32N2O2.ClH/c1-16-8-11-18(12-9-16)23(15-19-6-4-14-25-19)21(24)13-10-17-5-2-3-7-20(17)22;/h2-3,5,7,16,18-19H,4,6,8-15,22H2,1H3;1H. The van der Waals surface area contributed by atoms with E-state index in [0.717, 1.165) is 62.4 Å². The molecule has 2 aliphatic rings. The molecule has 1 heterocycles. The van der Waals surface area contributed by atoms with Crippen LogP contribution in [0.3, 0.4) is 0 Å². The van der Waals surface area contributed by atoms with Gasteiger partial charge in [-0.15, -0.1) is 12.4 Å². The first-order valence-electron chi connectivity index (χ1n) is 9.88. The Hall–Kier alpha value is -1.26. The minimum absolute atomic E-state index is 0. The molecule has 1 aliphatic carbocycles. The Bertz CT molecular complexity index is 567. The molecule has 1 aliphatic heterocycles. The highest BCUT2D eigenvalue weighted by molar-refractivity contribution is 5.85. The van der Waals surface area contributed by atoms with Crippen LogP contribution in [0.2, 0.25) is 0 Å². The number of benzene rings is 1. The Kier molecular flexibility index (Phi) is 8.23. The molecule has 2 N–H and O–H groups in total. The Morgan fingerprint density at radius 1 is 1.19 bits per heavy atom. The Labute approximate surface area is 163 Å². The summed E-state index contributed by atoms with van der Waals surface area (Å²) in [6.07, 6.45) is 8.40. The zero-order valence-corrected chi connectivity index (χ0v) is 16.7. The molecule has 5 heteroatoms. The maximum atomic E-state index is 13.0. The molecule has 1 saturated carbocycles. The predicted octanol–water partition coefficient (Wildman–Crippen LogP) is 4.21. The maximum Gasteiger partial charge on any atom is 0.223 e. The summed E-state index contributed by atoms with van der Waals surface area (Å²) in [6, 6.07) is 8.25. The second-order valence-corrected chi connectivity index (χ2v) is 7.79. The van der Waals surface area contributed by atoms with Gasteiger partial charge >= 0.3 is 0 Å². The second kappa shape index (κ2) is 10.2. The molecule has 146 valence electrons. The fraction of sp³-hybridized carbons (Fsp3) is 0.667. The number of amides is 1. The lowest BCUT2D eigenvalue weighted by Crippen LogP contribution is -2.46. The van der Waals surface area contributed by atoms with Crippen molar-refractivity contribution in [1.82, 2.24) is 4.90 Å². The molecule has 1 atom stereocenters. The van der Waals surface area contributed by atoms with E-state index in [1.54, 1.807) is 0 Å². The summed E-state index contributed by atoms with van der Waals surface area (Å²) < 4.78 is 5.81. The van der Waals surface area contributed by atoms with E-state index in [1.165, 1.54) is 12.8 Å². The van der Waals surface area contributed by atoms with Gasteiger partial charge in [-0.1, -0.05) is 25.1 Å². The van der Waals surface area contributed by atoms with E-state index in [0.29, 0.717) is 12.5 Å². The van der Waals surface area contributed by atoms with Crippen molar-refractivity contribution in [2.24, 2.45) is 5.92 Å². The normalized spacial score (nSPS) is 25.5. The number of ether oxygens (including phenoxy) is 1. The number of para-hydroxylation sites is 1. The van der Waals surface area contributed by atoms with Crippen LogP contribution in [-0.2, 0) is 16.0 Å². The molecular weight excluding hydrogens is 348 g/mol. The first-order valence-corrected chi connectivity index (χ1v) is 9.88. The summed E-state index contributed by atoms with van der Waals surface area (Å²) >= 11 is 0. The highest BCUT2D eigenvalue weighted by atomic mass is 35.5. The molecule has 1 saturated heterocycles. The minimum Gasteiger partial charge on any atom is -0.399 e. The van der Waals surface area contributed by atoms with Crippen LogP contribution in [0.25, 0.3) is 0 Å². The summed E-state index contributed by atoms with van der Waals surface area (Å²) in [5.41, 5.74) is 7.89. The van der Waals surface area contributed by atoms with Crippen LogP contribution < -0.4 is 5.73 Å². The summed E-state index contributed by atoms with van der Waals surface area (Å²) in [4.78, 5) is 15.2. The van der Waals surface area contributed by atoms with Gasteiger partial charge in [-0.25, -0.2) is 0 Å². The van der Waals surface area contributed by atoms with Crippen LogP contribution in [0, 0.1) is 5.92 Å². The van der Waals surface area contributed by atoms with E-state index < -0.39 is 0 Å². The number of hydrogen-bond donors (Lipinski definition) is 1. The number of rotatable bonds is 6. The lowest BCUT2D eigenvalue weighted by molar-refractivity contribution is -0.136. The second-order valence-electron chi connectivity index (χ2n) is 7.79. The van der Waals surface area contributed by atoms with Gasteiger partial charge in [0.05, 0.1) is 6.10 Å². The van der Waals surface area contributed by atoms with Crippen LogP contribution in [0.15, 0.2) is 24.3 Å². The largest absolute Gasteiger partial charge is 0.399 e. The molecule has 1 aromatic carbocycles. The smallest absolute Gasteiger partial charge is 0.223 e. The zero-order valence-electron chi connectivity index (χ0n) is 15.9. The molecular formula is C21H33ClN2O2. The quantitative estimate of drug-likeness (QED) is 0.752. The van der Waals surface area contributed by atoms with Crippen molar-refractivity contribution in [3.63, 3.8) is 0 Å². The van der Waals surface area contributed by atoms with Gasteiger partial charge in [0.2, 0.25) is 5.91 Å². The van der Waals surface area contributed by atoms with Crippen molar-refractivity contribution >= 4 is 24.0 Å². The summed E-state index contributed by atoms with van der Waals surface area (Å²) in [5.74, 6) is 1.05. The Balaban J connectivity index is 0.00000243. The number of nitrogen functional groups attached to an aromatic ring is 1. The van der Waals surface area contributed by atoms with Crippen LogP contribution in [0.1, 0.15) is 57.4 Å². The average molecular weight is 381 g/mol. The molecule has 0 radical (unpaired) electrons. The van der Waals surface area contributed by atoms with E-state index in [-0.39, 0.29) is 24.4 Å². The van der Waals surface area contributed by atoms with Crippen LogP contribution in [0.5, 0.6) is 0 Å². The minimum atomic E-state index is 0. The summed E-state index contributed by atoms with van der Waals surface area (Å²) in [5, 5.41) is 0. The molecule has 26 heavy (non-hydrogen) atoms. The van der Waals surface area contributed by atoms with Crippen molar-refractivity contribution in [1.29, 1.82) is 0 Å². The topological polar surface area (TPSA) is 55.6 Å². The van der Waals surface area contributed by atoms with Gasteiger partial charge in [-0.05, 0) is 62.5 Å². The van der Waals surface area contributed by atoms with Crippen molar-refractivity contribution in [2.45, 2.75) is 70.4 Å². The lowest BCUT2D eigenvalue weighted by atomic mass is 9.86. The zero-order chi connectivity index (χ0) is 17.6. The highest BCUT2D eigenvalue weighted by Gasteiger charge is 2.30. The molecule has 1 unspecified atom stereocenters. The number of aryl methyl sites for hydroxylation is 1. The molecule has 2 fully saturated rings. The number of carbonyl (C=O) groups is 1. The molecule has 4 nitrogen and oxygen atoms in total. The van der Waals surface area contributed by atoms with Gasteiger partial charge < -0.3 is 15.4 Å². The highest BCUT2D eigenvalue weighted by Crippen LogP contribution is 2.29. The Morgan fingerprint density at radius 2 is 1.92 bits per heavy atom. The van der Waals surface area contributed by atoms with Crippen LogP contribution in [-0.4, -0.2) is 36.1 Å². The molecule has 0 spiro atoms. The maximum absolute atomic E-state index is 13.0. The van der Waals surface area contributed by atoms with Gasteiger partial charge in [0.15, 0.2) is 0 Å². The summed E-state index contributed by atoms with van der Waals surface area (Å²) in [7, 11) is 0. The van der Waals surface area contributed by atoms with Gasteiger partial charge in [-0.3, -0.25) is 4.79 Å². The van der Waals surface area contributed by atoms with E-state index in [2.05, 4.69) is 11.8 Å². The van der Waals surface area contributed by atoms with E-state index in [4.69, 9.17) is 10.5 Å². The first kappa shape index (κ1) is 21.0. The van der Waals surface area contributed by atoms with E-state index in [9.17, 15) is 4.79 Å². The molecule has 1 amide bonds. The lowest BCUT2D eigenvalue weighted by Gasteiger charge is -2.37. The van der Waals surface area contributed by atoms with Crippen molar-refractivity contribution in [3.8, 4) is 0 Å². The number of nitrogens with zero attached hydrogens (tertiary/aromatic N) is 1. The van der Waals surface area contributed by atoms with Gasteiger partial charge in [-0.2, -0.15) is 0 Å². The van der Waals surface area contributed by atoms with Crippen LogP contribution in [0.4, 0.5) is 5.69 Å². The SMILES string of the molecule is CC1CCC(N(CC2CCCO2)C(=O)CCc2ccccc2N)CC1.Cl. The monoisotopic (exact) mass is 380 g/mol. The molecule has 3 rings (SSSR count).